The Morgan fingerprint density at radius 3 is 2.38 bits per heavy atom. The van der Waals surface area contributed by atoms with Crippen LogP contribution < -0.4 is 15.5 Å². The van der Waals surface area contributed by atoms with Crippen molar-refractivity contribution in [3.8, 4) is 0 Å². The lowest BCUT2D eigenvalue weighted by molar-refractivity contribution is -0.862. The summed E-state index contributed by atoms with van der Waals surface area (Å²) in [7, 11) is 1.86. The van der Waals surface area contributed by atoms with Crippen molar-refractivity contribution >= 4 is 33.4 Å². The zero-order valence-electron chi connectivity index (χ0n) is 16.6. The largest absolute Gasteiger partial charge is 0.349 e. The van der Waals surface area contributed by atoms with Crippen LogP contribution >= 0.6 is 15.9 Å². The molecule has 0 aliphatic rings. The number of nitrogens with one attached hydrogen (secondary N) is 3. The van der Waals surface area contributed by atoms with Crippen molar-refractivity contribution in [2.45, 2.75) is 53.0 Å². The standard InChI is InChI=1S/C20H32BrN3O2/c1-14(2)7-6-8-16(4)22-19(25)12-24(5)13-20(26)23-18-10-9-17(21)11-15(18)3/h9-11,14,16H,6-8,12-13H2,1-5H3,(H,22,25)(H,23,26)/p+1/t16-/m0/s1. The van der Waals surface area contributed by atoms with Gasteiger partial charge in [-0.2, -0.15) is 0 Å². The maximum Gasteiger partial charge on any atom is 0.279 e. The molecule has 0 aliphatic carbocycles. The van der Waals surface area contributed by atoms with Crippen LogP contribution in [0.5, 0.6) is 0 Å². The molecule has 0 radical (unpaired) electrons. The molecule has 26 heavy (non-hydrogen) atoms. The molecule has 0 fully saturated rings. The number of hydrogen-bond donors (Lipinski definition) is 3. The number of aryl methyl sites for hydroxylation is 1. The SMILES string of the molecule is Cc1cc(Br)ccc1NC(=O)C[NH+](C)CC(=O)N[C@@H](C)CCCC(C)C. The van der Waals surface area contributed by atoms with Gasteiger partial charge in [-0.25, -0.2) is 0 Å². The number of amides is 2. The Morgan fingerprint density at radius 1 is 1.12 bits per heavy atom. The summed E-state index contributed by atoms with van der Waals surface area (Å²) in [6.45, 7) is 8.96. The zero-order chi connectivity index (χ0) is 19.7. The zero-order valence-corrected chi connectivity index (χ0v) is 18.2. The Kier molecular flexibility index (Phi) is 9.88. The third-order valence-electron chi connectivity index (χ3n) is 4.21. The maximum atomic E-state index is 12.2. The number of rotatable bonds is 10. The van der Waals surface area contributed by atoms with Crippen molar-refractivity contribution in [3.05, 3.63) is 28.2 Å². The van der Waals surface area contributed by atoms with Crippen LogP contribution in [0.3, 0.4) is 0 Å². The van der Waals surface area contributed by atoms with Gasteiger partial charge in [0.1, 0.15) is 0 Å². The summed E-state index contributed by atoms with van der Waals surface area (Å²) in [6.07, 6.45) is 3.30. The Hall–Kier alpha value is -1.40. The van der Waals surface area contributed by atoms with Crippen molar-refractivity contribution in [1.82, 2.24) is 5.32 Å². The molecule has 0 saturated heterocycles. The van der Waals surface area contributed by atoms with E-state index in [2.05, 4.69) is 40.4 Å². The van der Waals surface area contributed by atoms with Gasteiger partial charge < -0.3 is 15.5 Å². The third kappa shape index (κ3) is 9.34. The van der Waals surface area contributed by atoms with Crippen molar-refractivity contribution in [3.63, 3.8) is 0 Å². The normalized spacial score (nSPS) is 13.3. The second kappa shape index (κ2) is 11.3. The highest BCUT2D eigenvalue weighted by Crippen LogP contribution is 2.19. The molecule has 1 aromatic rings. The molecule has 2 atom stereocenters. The lowest BCUT2D eigenvalue weighted by Crippen LogP contribution is -3.11. The summed E-state index contributed by atoms with van der Waals surface area (Å²) >= 11 is 3.41. The minimum Gasteiger partial charge on any atom is -0.349 e. The molecule has 3 N–H and O–H groups in total. The van der Waals surface area contributed by atoms with Crippen LogP contribution in [0.1, 0.15) is 45.6 Å². The number of hydrogen-bond acceptors (Lipinski definition) is 2. The van der Waals surface area contributed by atoms with Crippen molar-refractivity contribution in [2.75, 3.05) is 25.5 Å². The average Bonchev–Trinajstić information content (AvgIpc) is 2.49. The van der Waals surface area contributed by atoms with Gasteiger partial charge in [-0.15, -0.1) is 0 Å². The molecule has 5 nitrogen and oxygen atoms in total. The van der Waals surface area contributed by atoms with E-state index in [1.54, 1.807) is 0 Å². The molecule has 1 unspecified atom stereocenters. The van der Waals surface area contributed by atoms with Crippen molar-refractivity contribution < 1.29 is 14.5 Å². The van der Waals surface area contributed by atoms with Gasteiger partial charge in [0.2, 0.25) is 0 Å². The van der Waals surface area contributed by atoms with E-state index in [1.165, 1.54) is 6.42 Å². The van der Waals surface area contributed by atoms with E-state index >= 15 is 0 Å². The Morgan fingerprint density at radius 2 is 1.77 bits per heavy atom. The van der Waals surface area contributed by atoms with Crippen LogP contribution in [0.4, 0.5) is 5.69 Å². The summed E-state index contributed by atoms with van der Waals surface area (Å²) in [4.78, 5) is 25.2. The molecule has 1 aromatic carbocycles. The topological polar surface area (TPSA) is 62.6 Å². The Labute approximate surface area is 166 Å². The van der Waals surface area contributed by atoms with E-state index in [0.717, 1.165) is 33.5 Å². The van der Waals surface area contributed by atoms with E-state index in [0.29, 0.717) is 12.5 Å². The third-order valence-corrected chi connectivity index (χ3v) is 4.71. The first-order chi connectivity index (χ1) is 12.2. The van der Waals surface area contributed by atoms with Crippen LogP contribution in [0.2, 0.25) is 0 Å². The van der Waals surface area contributed by atoms with Crippen LogP contribution in [0, 0.1) is 12.8 Å². The lowest BCUT2D eigenvalue weighted by atomic mass is 10.0. The second-order valence-corrected chi connectivity index (χ2v) is 8.53. The molecular weight excluding hydrogens is 394 g/mol. The minimum absolute atomic E-state index is 0.00725. The summed E-state index contributed by atoms with van der Waals surface area (Å²) in [6, 6.07) is 5.90. The van der Waals surface area contributed by atoms with Crippen LogP contribution in [0.15, 0.2) is 22.7 Å². The molecular formula is C20H33BrN3O2+. The fourth-order valence-electron chi connectivity index (χ4n) is 2.80. The van der Waals surface area contributed by atoms with Crippen LogP contribution in [-0.2, 0) is 9.59 Å². The molecule has 6 heteroatoms. The number of carbonyl (C=O) groups excluding carboxylic acids is 2. The smallest absolute Gasteiger partial charge is 0.279 e. The predicted octanol–water partition coefficient (Wildman–Crippen LogP) is 2.54. The summed E-state index contributed by atoms with van der Waals surface area (Å²) in [5, 5.41) is 5.93. The highest BCUT2D eigenvalue weighted by molar-refractivity contribution is 9.10. The van der Waals surface area contributed by atoms with E-state index in [4.69, 9.17) is 0 Å². The average molecular weight is 427 g/mol. The van der Waals surface area contributed by atoms with Crippen molar-refractivity contribution in [1.29, 1.82) is 0 Å². The summed E-state index contributed by atoms with van der Waals surface area (Å²) in [5.41, 5.74) is 1.80. The first kappa shape index (κ1) is 22.6. The highest BCUT2D eigenvalue weighted by Gasteiger charge is 2.16. The van der Waals surface area contributed by atoms with Gasteiger partial charge in [0, 0.05) is 16.2 Å². The fourth-order valence-corrected chi connectivity index (χ4v) is 3.28. The van der Waals surface area contributed by atoms with Gasteiger partial charge in [0.25, 0.3) is 11.8 Å². The van der Waals surface area contributed by atoms with E-state index < -0.39 is 0 Å². The quantitative estimate of drug-likeness (QED) is 0.538. The van der Waals surface area contributed by atoms with Gasteiger partial charge in [-0.3, -0.25) is 9.59 Å². The molecule has 1 rings (SSSR count). The summed E-state index contributed by atoms with van der Waals surface area (Å²) < 4.78 is 0.981. The summed E-state index contributed by atoms with van der Waals surface area (Å²) in [5.74, 6) is 0.597. The van der Waals surface area contributed by atoms with Gasteiger partial charge in [-0.1, -0.05) is 42.6 Å². The Balaban J connectivity index is 2.34. The number of quaternary nitrogens is 1. The number of benzene rings is 1. The fraction of sp³-hybridized carbons (Fsp3) is 0.600. The minimum atomic E-state index is -0.0919. The molecule has 0 bridgehead atoms. The van der Waals surface area contributed by atoms with Gasteiger partial charge in [-0.05, 0) is 49.9 Å². The molecule has 146 valence electrons. The lowest BCUT2D eigenvalue weighted by Gasteiger charge is -2.17. The first-order valence-electron chi connectivity index (χ1n) is 9.34. The molecule has 0 spiro atoms. The molecule has 0 heterocycles. The first-order valence-corrected chi connectivity index (χ1v) is 10.1. The number of carbonyl (C=O) groups is 2. The van der Waals surface area contributed by atoms with E-state index in [1.807, 2.05) is 39.1 Å². The molecule has 0 aliphatic heterocycles. The number of likely N-dealkylation sites (N-methyl/N-ethyl adjacent to an activating group) is 1. The Bertz CT molecular complexity index is 605. The monoisotopic (exact) mass is 426 g/mol. The van der Waals surface area contributed by atoms with Gasteiger partial charge in [0.05, 0.1) is 7.05 Å². The maximum absolute atomic E-state index is 12.2. The van der Waals surface area contributed by atoms with Crippen molar-refractivity contribution in [2.24, 2.45) is 5.92 Å². The van der Waals surface area contributed by atoms with Gasteiger partial charge >= 0.3 is 0 Å². The second-order valence-electron chi connectivity index (χ2n) is 7.61. The van der Waals surface area contributed by atoms with Gasteiger partial charge in [0.15, 0.2) is 13.1 Å². The molecule has 0 saturated carbocycles. The highest BCUT2D eigenvalue weighted by atomic mass is 79.9. The van der Waals surface area contributed by atoms with E-state index in [9.17, 15) is 9.59 Å². The number of halogens is 1. The van der Waals surface area contributed by atoms with Crippen LogP contribution in [-0.4, -0.2) is 38.0 Å². The predicted molar refractivity (Wildman–Crippen MR) is 110 cm³/mol. The molecule has 0 aromatic heterocycles. The number of anilines is 1. The molecule has 2 amide bonds. The van der Waals surface area contributed by atoms with E-state index in [-0.39, 0.29) is 24.4 Å². The van der Waals surface area contributed by atoms with Crippen LogP contribution in [0.25, 0.3) is 0 Å².